The minimum absolute atomic E-state index is 0.112. The van der Waals surface area contributed by atoms with E-state index in [1.54, 1.807) is 20.4 Å². The van der Waals surface area contributed by atoms with Crippen LogP contribution in [0.3, 0.4) is 0 Å². The second-order valence-corrected chi connectivity index (χ2v) is 7.50. The van der Waals surface area contributed by atoms with Crippen molar-refractivity contribution in [3.8, 4) is 16.9 Å². The fourth-order valence-electron chi connectivity index (χ4n) is 3.71. The van der Waals surface area contributed by atoms with Gasteiger partial charge in [0.05, 0.1) is 12.7 Å². The molecule has 1 aliphatic carbocycles. The third kappa shape index (κ3) is 3.76. The first-order valence-electron chi connectivity index (χ1n) is 9.77. The van der Waals surface area contributed by atoms with Crippen LogP contribution in [0.2, 0.25) is 0 Å². The summed E-state index contributed by atoms with van der Waals surface area (Å²) in [5, 5.41) is 0. The van der Waals surface area contributed by atoms with E-state index in [4.69, 9.17) is 9.47 Å². The Morgan fingerprint density at radius 2 is 1.79 bits per heavy atom. The van der Waals surface area contributed by atoms with Gasteiger partial charge in [0, 0.05) is 30.0 Å². The molecule has 0 radical (unpaired) electrons. The lowest BCUT2D eigenvalue weighted by Crippen LogP contribution is -2.13. The Hall–Kier alpha value is -3.11. The number of benzene rings is 2. The molecule has 1 aliphatic rings. The first-order valence-corrected chi connectivity index (χ1v) is 9.77. The second-order valence-electron chi connectivity index (χ2n) is 7.50. The fraction of sp³-hybridized carbons (Fsp3) is 0.240. The Balaban J connectivity index is 1.87. The average Bonchev–Trinajstić information content (AvgIpc) is 3.54. The van der Waals surface area contributed by atoms with Gasteiger partial charge in [0.1, 0.15) is 5.75 Å². The zero-order valence-corrected chi connectivity index (χ0v) is 17.0. The van der Waals surface area contributed by atoms with Crippen molar-refractivity contribution < 1.29 is 9.47 Å². The van der Waals surface area contributed by atoms with Crippen LogP contribution in [0, 0.1) is 6.92 Å². The standard InChI is InChI=1S/C25H25NO3/c1-17-6-8-18(9-7-17)10-11-19-15-20(21-5-4-14-26-24(21)27)16-22(23(19)28-2)25(29-3)12-13-25/h4-11,14-16H,12-13H2,1-3H3,(H,26,27). The molecule has 0 unspecified atom stereocenters. The summed E-state index contributed by atoms with van der Waals surface area (Å²) in [6, 6.07) is 16.1. The van der Waals surface area contributed by atoms with Gasteiger partial charge in [0.2, 0.25) is 0 Å². The predicted octanol–water partition coefficient (Wildman–Crippen LogP) is 5.16. The summed E-state index contributed by atoms with van der Waals surface area (Å²) in [4.78, 5) is 15.2. The topological polar surface area (TPSA) is 51.3 Å². The molecule has 0 saturated heterocycles. The first-order chi connectivity index (χ1) is 14.1. The highest BCUT2D eigenvalue weighted by atomic mass is 16.5. The van der Waals surface area contributed by atoms with E-state index in [0.717, 1.165) is 40.8 Å². The van der Waals surface area contributed by atoms with Crippen LogP contribution in [0.15, 0.2) is 59.5 Å². The fourth-order valence-corrected chi connectivity index (χ4v) is 3.71. The molecular formula is C25H25NO3. The van der Waals surface area contributed by atoms with Crippen LogP contribution in [0.1, 0.15) is 35.1 Å². The molecule has 1 fully saturated rings. The molecule has 1 heterocycles. The molecule has 3 aromatic rings. The molecule has 2 aromatic carbocycles. The van der Waals surface area contributed by atoms with Gasteiger partial charge in [-0.15, -0.1) is 0 Å². The molecule has 0 bridgehead atoms. The van der Waals surface area contributed by atoms with Crippen LogP contribution in [0.4, 0.5) is 0 Å². The van der Waals surface area contributed by atoms with Crippen LogP contribution in [0.25, 0.3) is 23.3 Å². The van der Waals surface area contributed by atoms with Crippen molar-refractivity contribution in [2.24, 2.45) is 0 Å². The van der Waals surface area contributed by atoms with Gasteiger partial charge in [-0.1, -0.05) is 42.0 Å². The van der Waals surface area contributed by atoms with E-state index in [1.165, 1.54) is 5.56 Å². The summed E-state index contributed by atoms with van der Waals surface area (Å²) < 4.78 is 11.7. The Kier molecular flexibility index (Phi) is 5.12. The molecule has 0 amide bonds. The maximum absolute atomic E-state index is 12.4. The van der Waals surface area contributed by atoms with E-state index in [-0.39, 0.29) is 11.2 Å². The number of hydrogen-bond acceptors (Lipinski definition) is 3. The molecule has 4 nitrogen and oxygen atoms in total. The van der Waals surface area contributed by atoms with Crippen LogP contribution in [-0.4, -0.2) is 19.2 Å². The number of rotatable bonds is 6. The lowest BCUT2D eigenvalue weighted by Gasteiger charge is -2.21. The lowest BCUT2D eigenvalue weighted by molar-refractivity contribution is 0.0766. The average molecular weight is 387 g/mol. The summed E-state index contributed by atoms with van der Waals surface area (Å²) >= 11 is 0. The number of nitrogens with one attached hydrogen (secondary N) is 1. The molecule has 0 atom stereocenters. The van der Waals surface area contributed by atoms with Gasteiger partial charge in [0.15, 0.2) is 0 Å². The number of ether oxygens (including phenoxy) is 2. The molecule has 4 rings (SSSR count). The maximum Gasteiger partial charge on any atom is 0.255 e. The van der Waals surface area contributed by atoms with E-state index in [0.29, 0.717) is 5.56 Å². The van der Waals surface area contributed by atoms with Crippen LogP contribution in [0.5, 0.6) is 5.75 Å². The Bertz CT molecular complexity index is 1110. The minimum atomic E-state index is -0.338. The van der Waals surface area contributed by atoms with E-state index in [2.05, 4.69) is 42.2 Å². The van der Waals surface area contributed by atoms with Crippen molar-refractivity contribution in [2.45, 2.75) is 25.4 Å². The molecule has 148 valence electrons. The van der Waals surface area contributed by atoms with Gasteiger partial charge in [-0.05, 0) is 55.2 Å². The SMILES string of the molecule is COc1c(C=Cc2ccc(C)cc2)cc(-c2ccc[nH]c2=O)cc1C1(OC)CC1. The van der Waals surface area contributed by atoms with Crippen LogP contribution < -0.4 is 10.3 Å². The number of hydrogen-bond donors (Lipinski definition) is 1. The van der Waals surface area contributed by atoms with E-state index < -0.39 is 0 Å². The zero-order valence-electron chi connectivity index (χ0n) is 17.0. The van der Waals surface area contributed by atoms with Gasteiger partial charge in [-0.2, -0.15) is 0 Å². The summed E-state index contributed by atoms with van der Waals surface area (Å²) in [5.41, 5.74) is 5.29. The molecule has 4 heteroatoms. The van der Waals surface area contributed by atoms with Gasteiger partial charge < -0.3 is 14.5 Å². The van der Waals surface area contributed by atoms with Crippen molar-refractivity contribution >= 4 is 12.2 Å². The first kappa shape index (κ1) is 19.2. The highest BCUT2D eigenvalue weighted by molar-refractivity contribution is 5.78. The Labute approximate surface area is 170 Å². The van der Waals surface area contributed by atoms with Gasteiger partial charge >= 0.3 is 0 Å². The van der Waals surface area contributed by atoms with Crippen molar-refractivity contribution in [2.75, 3.05) is 14.2 Å². The van der Waals surface area contributed by atoms with Crippen LogP contribution >= 0.6 is 0 Å². The largest absolute Gasteiger partial charge is 0.496 e. The summed E-state index contributed by atoms with van der Waals surface area (Å²) in [6.45, 7) is 2.07. The molecule has 1 aromatic heterocycles. The van der Waals surface area contributed by atoms with E-state index in [1.807, 2.05) is 30.3 Å². The molecule has 0 spiro atoms. The molecular weight excluding hydrogens is 362 g/mol. The molecule has 0 aliphatic heterocycles. The summed E-state index contributed by atoms with van der Waals surface area (Å²) in [6.07, 6.45) is 7.63. The predicted molar refractivity (Wildman–Crippen MR) is 117 cm³/mol. The molecule has 1 saturated carbocycles. The summed E-state index contributed by atoms with van der Waals surface area (Å²) in [7, 11) is 3.42. The highest BCUT2D eigenvalue weighted by Crippen LogP contribution is 2.53. The van der Waals surface area contributed by atoms with Crippen molar-refractivity contribution in [3.63, 3.8) is 0 Å². The van der Waals surface area contributed by atoms with Gasteiger partial charge in [-0.25, -0.2) is 0 Å². The zero-order chi connectivity index (χ0) is 20.4. The number of aryl methyl sites for hydroxylation is 1. The number of methoxy groups -OCH3 is 2. The number of pyridine rings is 1. The quantitative estimate of drug-likeness (QED) is 0.594. The van der Waals surface area contributed by atoms with Crippen molar-refractivity contribution in [1.29, 1.82) is 0 Å². The van der Waals surface area contributed by atoms with Gasteiger partial charge in [-0.3, -0.25) is 4.79 Å². The number of aromatic amines is 1. The molecule has 29 heavy (non-hydrogen) atoms. The van der Waals surface area contributed by atoms with Crippen molar-refractivity contribution in [1.82, 2.24) is 4.98 Å². The molecule has 1 N–H and O–H groups in total. The normalized spacial score (nSPS) is 14.9. The minimum Gasteiger partial charge on any atom is -0.496 e. The Morgan fingerprint density at radius 3 is 2.41 bits per heavy atom. The van der Waals surface area contributed by atoms with E-state index >= 15 is 0 Å². The van der Waals surface area contributed by atoms with Crippen molar-refractivity contribution in [3.05, 3.63) is 87.3 Å². The summed E-state index contributed by atoms with van der Waals surface area (Å²) in [5.74, 6) is 0.795. The monoisotopic (exact) mass is 387 g/mol. The smallest absolute Gasteiger partial charge is 0.255 e. The lowest BCUT2D eigenvalue weighted by atomic mass is 9.95. The third-order valence-corrected chi connectivity index (χ3v) is 5.57. The third-order valence-electron chi connectivity index (χ3n) is 5.57. The highest BCUT2D eigenvalue weighted by Gasteiger charge is 2.47. The van der Waals surface area contributed by atoms with Crippen LogP contribution in [-0.2, 0) is 10.3 Å². The van der Waals surface area contributed by atoms with Gasteiger partial charge in [0.25, 0.3) is 5.56 Å². The second kappa shape index (κ2) is 7.72. The number of aromatic nitrogens is 1. The maximum atomic E-state index is 12.4. The Morgan fingerprint density at radius 1 is 1.03 bits per heavy atom. The van der Waals surface area contributed by atoms with E-state index in [9.17, 15) is 4.79 Å². The number of H-pyrrole nitrogens is 1.